The maximum absolute atomic E-state index is 12.5. The lowest BCUT2D eigenvalue weighted by Crippen LogP contribution is -2.42. The van der Waals surface area contributed by atoms with E-state index in [1.54, 1.807) is 7.11 Å². The van der Waals surface area contributed by atoms with E-state index >= 15 is 0 Å². The highest BCUT2D eigenvalue weighted by atomic mass is 16.5. The minimum Gasteiger partial charge on any atom is -0.497 e. The first-order valence-corrected chi connectivity index (χ1v) is 10.1. The third-order valence-electron chi connectivity index (χ3n) is 5.91. The molecular formula is C24H26N2O3. The summed E-state index contributed by atoms with van der Waals surface area (Å²) in [5.41, 5.74) is 3.87. The van der Waals surface area contributed by atoms with Crippen LogP contribution >= 0.6 is 0 Å². The molecule has 0 bridgehead atoms. The molecule has 2 aromatic carbocycles. The summed E-state index contributed by atoms with van der Waals surface area (Å²) in [7, 11) is 1.64. The van der Waals surface area contributed by atoms with Gasteiger partial charge in [0.05, 0.1) is 25.8 Å². The van der Waals surface area contributed by atoms with Crippen LogP contribution in [-0.4, -0.2) is 42.2 Å². The van der Waals surface area contributed by atoms with Gasteiger partial charge in [-0.3, -0.25) is 4.79 Å². The number of carbonyl (C=O) groups is 1. The maximum atomic E-state index is 12.5. The molecule has 0 saturated carbocycles. The van der Waals surface area contributed by atoms with E-state index in [4.69, 9.17) is 4.74 Å². The van der Waals surface area contributed by atoms with E-state index < -0.39 is 0 Å². The van der Waals surface area contributed by atoms with Crippen molar-refractivity contribution >= 4 is 11.6 Å². The van der Waals surface area contributed by atoms with Crippen LogP contribution in [-0.2, 0) is 4.79 Å². The lowest BCUT2D eigenvalue weighted by atomic mass is 9.82. The van der Waals surface area contributed by atoms with Gasteiger partial charge in [0.2, 0.25) is 5.91 Å². The lowest BCUT2D eigenvalue weighted by molar-refractivity contribution is -0.132. The average Bonchev–Trinajstić information content (AvgIpc) is 3.22. The van der Waals surface area contributed by atoms with Crippen molar-refractivity contribution < 1.29 is 14.6 Å². The minimum absolute atomic E-state index is 0.00517. The van der Waals surface area contributed by atoms with Crippen molar-refractivity contribution in [3.63, 3.8) is 0 Å². The molecule has 3 atom stereocenters. The molecule has 0 spiro atoms. The van der Waals surface area contributed by atoms with Crippen LogP contribution in [0.15, 0.2) is 42.5 Å². The third kappa shape index (κ3) is 3.68. The van der Waals surface area contributed by atoms with Crippen molar-refractivity contribution in [3.8, 4) is 17.6 Å². The first-order valence-electron chi connectivity index (χ1n) is 10.1. The minimum atomic E-state index is -0.0316. The zero-order valence-electron chi connectivity index (χ0n) is 16.8. The maximum Gasteiger partial charge on any atom is 0.222 e. The van der Waals surface area contributed by atoms with E-state index in [1.807, 2.05) is 48.2 Å². The van der Waals surface area contributed by atoms with Gasteiger partial charge in [0, 0.05) is 35.7 Å². The molecule has 2 aliphatic rings. The number of amides is 1. The Labute approximate surface area is 171 Å². The quantitative estimate of drug-likeness (QED) is 0.791. The number of nitrogens with one attached hydrogen (secondary N) is 1. The summed E-state index contributed by atoms with van der Waals surface area (Å²) < 4.78 is 5.26. The van der Waals surface area contributed by atoms with Crippen LogP contribution in [0.1, 0.15) is 42.5 Å². The van der Waals surface area contributed by atoms with Crippen molar-refractivity contribution in [1.82, 2.24) is 4.90 Å². The zero-order chi connectivity index (χ0) is 20.4. The van der Waals surface area contributed by atoms with Gasteiger partial charge in [-0.05, 0) is 48.4 Å². The summed E-state index contributed by atoms with van der Waals surface area (Å²) in [6.07, 6.45) is 1.39. The number of methoxy groups -OCH3 is 1. The molecule has 2 aliphatic heterocycles. The molecule has 5 heteroatoms. The monoisotopic (exact) mass is 390 g/mol. The SMILES string of the molecule is CCC(=O)N1CC[C@@H]2[C@@H](CO)Nc3ccc(C#Cc4cccc(OC)c4)cc3[C@@H]21. The highest BCUT2D eigenvalue weighted by molar-refractivity contribution is 5.77. The molecule has 4 rings (SSSR count). The number of aliphatic hydroxyl groups is 1. The Kier molecular flexibility index (Phi) is 5.46. The van der Waals surface area contributed by atoms with Crippen LogP contribution in [0.5, 0.6) is 5.75 Å². The van der Waals surface area contributed by atoms with Gasteiger partial charge in [0.1, 0.15) is 5.75 Å². The fourth-order valence-corrected chi connectivity index (χ4v) is 4.47. The van der Waals surface area contributed by atoms with Gasteiger partial charge in [0.15, 0.2) is 0 Å². The molecule has 1 saturated heterocycles. The van der Waals surface area contributed by atoms with Crippen LogP contribution in [0.25, 0.3) is 0 Å². The number of nitrogens with zero attached hydrogens (tertiary/aromatic N) is 1. The number of benzene rings is 2. The van der Waals surface area contributed by atoms with E-state index in [0.29, 0.717) is 6.42 Å². The Morgan fingerprint density at radius 3 is 2.76 bits per heavy atom. The molecule has 1 fully saturated rings. The molecular weight excluding hydrogens is 364 g/mol. The smallest absolute Gasteiger partial charge is 0.222 e. The summed E-state index contributed by atoms with van der Waals surface area (Å²) in [6, 6.07) is 13.7. The molecule has 150 valence electrons. The van der Waals surface area contributed by atoms with E-state index in [-0.39, 0.29) is 30.5 Å². The number of aliphatic hydroxyl groups excluding tert-OH is 1. The van der Waals surface area contributed by atoms with Crippen LogP contribution in [0, 0.1) is 17.8 Å². The highest BCUT2D eigenvalue weighted by Gasteiger charge is 2.45. The second kappa shape index (κ2) is 8.18. The second-order valence-corrected chi connectivity index (χ2v) is 7.56. The van der Waals surface area contributed by atoms with Gasteiger partial charge >= 0.3 is 0 Å². The molecule has 0 radical (unpaired) electrons. The Balaban J connectivity index is 1.69. The molecule has 0 aromatic heterocycles. The summed E-state index contributed by atoms with van der Waals surface area (Å²) >= 11 is 0. The van der Waals surface area contributed by atoms with Crippen LogP contribution in [0.4, 0.5) is 5.69 Å². The summed E-state index contributed by atoms with van der Waals surface area (Å²) in [4.78, 5) is 14.5. The summed E-state index contributed by atoms with van der Waals surface area (Å²) in [5, 5.41) is 13.3. The molecule has 29 heavy (non-hydrogen) atoms. The number of hydrogen-bond acceptors (Lipinski definition) is 4. The standard InChI is InChI=1S/C24H26N2O3/c1-3-23(28)26-12-11-19-22(15-27)25-21-10-9-17(14-20(21)24(19)26)8-7-16-5-4-6-18(13-16)29-2/h4-6,9-10,13-14,19,22,24-25,27H,3,11-12,15H2,1-2H3/t19-,22-,24-/m1/s1. The van der Waals surface area contributed by atoms with Gasteiger partial charge in [-0.2, -0.15) is 0 Å². The normalized spacial score (nSPS) is 22.0. The van der Waals surface area contributed by atoms with Crippen molar-refractivity contribution in [2.45, 2.75) is 31.8 Å². The van der Waals surface area contributed by atoms with Crippen molar-refractivity contribution in [2.75, 3.05) is 25.6 Å². The fraction of sp³-hybridized carbons (Fsp3) is 0.375. The molecule has 2 heterocycles. The van der Waals surface area contributed by atoms with Gasteiger partial charge < -0.3 is 20.1 Å². The molecule has 2 aromatic rings. The fourth-order valence-electron chi connectivity index (χ4n) is 4.47. The van der Waals surface area contributed by atoms with Crippen LogP contribution in [0.3, 0.4) is 0 Å². The highest BCUT2D eigenvalue weighted by Crippen LogP contribution is 2.46. The Hall–Kier alpha value is -2.97. The number of ether oxygens (including phenoxy) is 1. The third-order valence-corrected chi connectivity index (χ3v) is 5.91. The number of rotatable bonds is 3. The van der Waals surface area contributed by atoms with Crippen molar-refractivity contribution in [1.29, 1.82) is 0 Å². The van der Waals surface area contributed by atoms with E-state index in [9.17, 15) is 9.90 Å². The largest absolute Gasteiger partial charge is 0.497 e. The lowest BCUT2D eigenvalue weighted by Gasteiger charge is -2.39. The van der Waals surface area contributed by atoms with E-state index in [2.05, 4.69) is 23.2 Å². The molecule has 0 aliphatic carbocycles. The predicted octanol–water partition coefficient (Wildman–Crippen LogP) is 3.18. The molecule has 2 N–H and O–H groups in total. The first-order chi connectivity index (χ1) is 14.1. The van der Waals surface area contributed by atoms with Gasteiger partial charge in [-0.25, -0.2) is 0 Å². The topological polar surface area (TPSA) is 61.8 Å². The molecule has 1 amide bonds. The predicted molar refractivity (Wildman–Crippen MR) is 113 cm³/mol. The first kappa shape index (κ1) is 19.4. The van der Waals surface area contributed by atoms with Crippen molar-refractivity contribution in [3.05, 3.63) is 59.2 Å². The summed E-state index contributed by atoms with van der Waals surface area (Å²) in [6.45, 7) is 2.70. The van der Waals surface area contributed by atoms with E-state index in [1.165, 1.54) is 0 Å². The second-order valence-electron chi connectivity index (χ2n) is 7.56. The Morgan fingerprint density at radius 1 is 1.24 bits per heavy atom. The number of fused-ring (bicyclic) bond motifs is 3. The summed E-state index contributed by atoms with van der Waals surface area (Å²) in [5.74, 6) is 7.59. The van der Waals surface area contributed by atoms with Crippen LogP contribution < -0.4 is 10.1 Å². The van der Waals surface area contributed by atoms with Crippen LogP contribution in [0.2, 0.25) is 0 Å². The van der Waals surface area contributed by atoms with Gasteiger partial charge in [-0.1, -0.05) is 24.8 Å². The number of likely N-dealkylation sites (tertiary alicyclic amines) is 1. The van der Waals surface area contributed by atoms with Gasteiger partial charge in [-0.15, -0.1) is 0 Å². The number of carbonyl (C=O) groups excluding carboxylic acids is 1. The zero-order valence-corrected chi connectivity index (χ0v) is 16.8. The van der Waals surface area contributed by atoms with E-state index in [0.717, 1.165) is 41.1 Å². The van der Waals surface area contributed by atoms with Crippen molar-refractivity contribution in [2.24, 2.45) is 5.92 Å². The molecule has 0 unspecified atom stereocenters. The molecule has 5 nitrogen and oxygen atoms in total. The van der Waals surface area contributed by atoms with Gasteiger partial charge in [0.25, 0.3) is 0 Å². The Morgan fingerprint density at radius 2 is 2.03 bits per heavy atom. The average molecular weight is 390 g/mol. The Bertz CT molecular complexity index is 976. The number of hydrogen-bond donors (Lipinski definition) is 2. The number of anilines is 1.